The summed E-state index contributed by atoms with van der Waals surface area (Å²) in [7, 11) is 0. The van der Waals surface area contributed by atoms with Crippen molar-refractivity contribution in [2.75, 3.05) is 16.8 Å². The first-order valence-electron chi connectivity index (χ1n) is 7.09. The van der Waals surface area contributed by atoms with Crippen LogP contribution in [0.1, 0.15) is 6.42 Å². The van der Waals surface area contributed by atoms with E-state index in [9.17, 15) is 14.7 Å². The first-order valence-corrected chi connectivity index (χ1v) is 7.09. The number of phenolic OH excluding ortho intramolecular Hbond substituents is 1. The molecule has 2 aromatic carbocycles. The van der Waals surface area contributed by atoms with Gasteiger partial charge >= 0.3 is 0 Å². The van der Waals surface area contributed by atoms with Crippen LogP contribution >= 0.6 is 0 Å². The van der Waals surface area contributed by atoms with Gasteiger partial charge in [-0.05, 0) is 24.3 Å². The van der Waals surface area contributed by atoms with Crippen LogP contribution in [0.3, 0.4) is 0 Å². The van der Waals surface area contributed by atoms with Gasteiger partial charge in [-0.3, -0.25) is 9.59 Å². The van der Waals surface area contributed by atoms with Crippen LogP contribution in [-0.4, -0.2) is 23.5 Å². The molecule has 5 nitrogen and oxygen atoms in total. The fourth-order valence-corrected chi connectivity index (χ4v) is 2.55. The molecule has 0 saturated carbocycles. The number of hydrogen-bond acceptors (Lipinski definition) is 3. The van der Waals surface area contributed by atoms with Gasteiger partial charge < -0.3 is 15.3 Å². The van der Waals surface area contributed by atoms with Gasteiger partial charge in [0.05, 0.1) is 11.6 Å². The van der Waals surface area contributed by atoms with Gasteiger partial charge in [0.2, 0.25) is 11.8 Å². The molecule has 2 amide bonds. The Balaban J connectivity index is 1.71. The number of aromatic hydroxyl groups is 1. The summed E-state index contributed by atoms with van der Waals surface area (Å²) in [6.07, 6.45) is 0.175. The third-order valence-electron chi connectivity index (χ3n) is 3.73. The van der Waals surface area contributed by atoms with Gasteiger partial charge in [-0.2, -0.15) is 0 Å². The number of carbonyl (C=O) groups excluding carboxylic acids is 2. The van der Waals surface area contributed by atoms with Crippen molar-refractivity contribution in [3.05, 3.63) is 54.6 Å². The molecule has 0 bridgehead atoms. The normalized spacial score (nSPS) is 17.5. The van der Waals surface area contributed by atoms with Crippen LogP contribution in [0.25, 0.3) is 0 Å². The van der Waals surface area contributed by atoms with Crippen LogP contribution in [0.5, 0.6) is 5.75 Å². The van der Waals surface area contributed by atoms with Crippen molar-refractivity contribution in [2.24, 2.45) is 5.92 Å². The maximum absolute atomic E-state index is 12.3. The fourth-order valence-electron chi connectivity index (χ4n) is 2.55. The number of nitrogens with zero attached hydrogens (tertiary/aromatic N) is 1. The molecule has 1 heterocycles. The number of amides is 2. The highest BCUT2D eigenvalue weighted by atomic mass is 16.3. The second kappa shape index (κ2) is 5.89. The highest BCUT2D eigenvalue weighted by molar-refractivity contribution is 6.03. The summed E-state index contributed by atoms with van der Waals surface area (Å²) in [6.45, 7) is 0.349. The molecule has 0 aliphatic carbocycles. The Morgan fingerprint density at radius 2 is 1.77 bits per heavy atom. The summed E-state index contributed by atoms with van der Waals surface area (Å²) in [5.41, 5.74) is 1.16. The first kappa shape index (κ1) is 14.1. The topological polar surface area (TPSA) is 69.6 Å². The molecule has 1 aliphatic heterocycles. The lowest BCUT2D eigenvalue weighted by Crippen LogP contribution is -2.28. The number of anilines is 2. The highest BCUT2D eigenvalue weighted by Crippen LogP contribution is 2.27. The molecule has 1 atom stereocenters. The Labute approximate surface area is 128 Å². The van der Waals surface area contributed by atoms with Gasteiger partial charge in [0.15, 0.2) is 0 Å². The third kappa shape index (κ3) is 2.79. The van der Waals surface area contributed by atoms with Crippen molar-refractivity contribution < 1.29 is 14.7 Å². The predicted octanol–water partition coefficient (Wildman–Crippen LogP) is 2.38. The van der Waals surface area contributed by atoms with E-state index in [1.54, 1.807) is 23.1 Å². The molecule has 1 fully saturated rings. The molecule has 0 unspecified atom stereocenters. The first-order chi connectivity index (χ1) is 10.6. The van der Waals surface area contributed by atoms with Gasteiger partial charge in [0, 0.05) is 18.7 Å². The van der Waals surface area contributed by atoms with Crippen molar-refractivity contribution >= 4 is 23.2 Å². The summed E-state index contributed by atoms with van der Waals surface area (Å²) in [5.74, 6) is -0.732. The van der Waals surface area contributed by atoms with E-state index in [2.05, 4.69) is 5.32 Å². The zero-order valence-corrected chi connectivity index (χ0v) is 11.9. The Bertz CT molecular complexity index is 700. The monoisotopic (exact) mass is 296 g/mol. The van der Waals surface area contributed by atoms with E-state index < -0.39 is 5.92 Å². The molecule has 1 saturated heterocycles. The van der Waals surface area contributed by atoms with E-state index in [-0.39, 0.29) is 24.0 Å². The minimum absolute atomic E-state index is 0.0140. The number of carbonyl (C=O) groups is 2. The van der Waals surface area contributed by atoms with Crippen LogP contribution in [-0.2, 0) is 9.59 Å². The quantitative estimate of drug-likeness (QED) is 0.854. The van der Waals surface area contributed by atoms with Gasteiger partial charge in [0.1, 0.15) is 5.75 Å². The molecule has 0 spiro atoms. The standard InChI is InChI=1S/C17H16N2O3/c20-15-9-5-4-8-14(15)18-17(22)12-10-16(21)19(11-12)13-6-2-1-3-7-13/h1-9,12,20H,10-11H2,(H,18,22)/t12-/m0/s1. The lowest BCUT2D eigenvalue weighted by molar-refractivity contribution is -0.122. The molecular weight excluding hydrogens is 280 g/mol. The van der Waals surface area contributed by atoms with E-state index in [1.807, 2.05) is 30.3 Å². The highest BCUT2D eigenvalue weighted by Gasteiger charge is 2.35. The molecule has 2 N–H and O–H groups in total. The average molecular weight is 296 g/mol. The van der Waals surface area contributed by atoms with Crippen molar-refractivity contribution in [3.8, 4) is 5.75 Å². The second-order valence-corrected chi connectivity index (χ2v) is 5.25. The Kier molecular flexibility index (Phi) is 3.78. The van der Waals surface area contributed by atoms with Crippen LogP contribution in [0, 0.1) is 5.92 Å². The Morgan fingerprint density at radius 3 is 2.50 bits per heavy atom. The number of para-hydroxylation sites is 3. The van der Waals surface area contributed by atoms with Crippen molar-refractivity contribution in [1.82, 2.24) is 0 Å². The third-order valence-corrected chi connectivity index (χ3v) is 3.73. The summed E-state index contributed by atoms with van der Waals surface area (Å²) in [6, 6.07) is 15.8. The molecule has 22 heavy (non-hydrogen) atoms. The van der Waals surface area contributed by atoms with Crippen molar-refractivity contribution in [1.29, 1.82) is 0 Å². The molecule has 0 aromatic heterocycles. The summed E-state index contributed by atoms with van der Waals surface area (Å²) in [4.78, 5) is 26.0. The smallest absolute Gasteiger partial charge is 0.229 e. The summed E-state index contributed by atoms with van der Waals surface area (Å²) < 4.78 is 0. The van der Waals surface area contributed by atoms with E-state index in [1.165, 1.54) is 6.07 Å². The molecule has 0 radical (unpaired) electrons. The predicted molar refractivity (Wildman–Crippen MR) is 83.6 cm³/mol. The zero-order chi connectivity index (χ0) is 15.5. The summed E-state index contributed by atoms with van der Waals surface area (Å²) in [5, 5.41) is 12.4. The van der Waals surface area contributed by atoms with Gasteiger partial charge in [-0.15, -0.1) is 0 Å². The van der Waals surface area contributed by atoms with Crippen molar-refractivity contribution in [3.63, 3.8) is 0 Å². The maximum Gasteiger partial charge on any atom is 0.229 e. The molecule has 112 valence electrons. The van der Waals surface area contributed by atoms with Gasteiger partial charge in [-0.1, -0.05) is 30.3 Å². The number of hydrogen-bond donors (Lipinski definition) is 2. The lowest BCUT2D eigenvalue weighted by atomic mass is 10.1. The molecule has 2 aromatic rings. The number of phenols is 1. The average Bonchev–Trinajstić information content (AvgIpc) is 2.92. The summed E-state index contributed by atoms with van der Waals surface area (Å²) >= 11 is 0. The fraction of sp³-hybridized carbons (Fsp3) is 0.176. The molecule has 1 aliphatic rings. The van der Waals surface area contributed by atoms with Crippen LogP contribution < -0.4 is 10.2 Å². The van der Waals surface area contributed by atoms with E-state index in [0.29, 0.717) is 12.2 Å². The minimum atomic E-state index is -0.424. The zero-order valence-electron chi connectivity index (χ0n) is 11.9. The van der Waals surface area contributed by atoms with Crippen LogP contribution in [0.4, 0.5) is 11.4 Å². The molecule has 3 rings (SSSR count). The lowest BCUT2D eigenvalue weighted by Gasteiger charge is -2.16. The Hall–Kier alpha value is -2.82. The van der Waals surface area contributed by atoms with Gasteiger partial charge in [-0.25, -0.2) is 0 Å². The van der Waals surface area contributed by atoms with E-state index in [4.69, 9.17) is 0 Å². The number of benzene rings is 2. The minimum Gasteiger partial charge on any atom is -0.506 e. The van der Waals surface area contributed by atoms with E-state index in [0.717, 1.165) is 5.69 Å². The largest absolute Gasteiger partial charge is 0.506 e. The number of rotatable bonds is 3. The number of nitrogens with one attached hydrogen (secondary N) is 1. The molecule has 5 heteroatoms. The molecular formula is C17H16N2O3. The second-order valence-electron chi connectivity index (χ2n) is 5.25. The van der Waals surface area contributed by atoms with E-state index >= 15 is 0 Å². The Morgan fingerprint density at radius 1 is 1.09 bits per heavy atom. The van der Waals surface area contributed by atoms with Crippen LogP contribution in [0.15, 0.2) is 54.6 Å². The van der Waals surface area contributed by atoms with Crippen LogP contribution in [0.2, 0.25) is 0 Å². The SMILES string of the molecule is O=C(Nc1ccccc1O)[C@H]1CC(=O)N(c2ccccc2)C1. The maximum atomic E-state index is 12.3. The van der Waals surface area contributed by atoms with Crippen molar-refractivity contribution in [2.45, 2.75) is 6.42 Å². The van der Waals surface area contributed by atoms with Gasteiger partial charge in [0.25, 0.3) is 0 Å².